The van der Waals surface area contributed by atoms with Crippen LogP contribution in [0.15, 0.2) is 30.3 Å². The first kappa shape index (κ1) is 13.2. The zero-order valence-electron chi connectivity index (χ0n) is 10.7. The summed E-state index contributed by atoms with van der Waals surface area (Å²) in [6, 6.07) is 10.6. The normalized spacial score (nSPS) is 34.4. The second-order valence-corrected chi connectivity index (χ2v) is 8.64. The number of benzene rings is 1. The molecule has 5 heteroatoms. The summed E-state index contributed by atoms with van der Waals surface area (Å²) in [5.74, 6) is 0. The van der Waals surface area contributed by atoms with E-state index in [2.05, 4.69) is 30.8 Å². The average molecular weight is 270 g/mol. The molecule has 0 bridgehead atoms. The Bertz CT molecular complexity index is 437. The van der Waals surface area contributed by atoms with Crippen LogP contribution in [0.5, 0.6) is 0 Å². The lowest BCUT2D eigenvalue weighted by Crippen LogP contribution is -2.26. The highest BCUT2D eigenvalue weighted by molar-refractivity contribution is 8.10. The predicted octanol–water partition coefficient (Wildman–Crippen LogP) is 2.86. The van der Waals surface area contributed by atoms with Crippen LogP contribution in [-0.2, 0) is 16.3 Å². The van der Waals surface area contributed by atoms with Crippen LogP contribution in [0.25, 0.3) is 0 Å². The Morgan fingerprint density at radius 2 is 1.88 bits per heavy atom. The molecular formula is C12H19N2OPS. The van der Waals surface area contributed by atoms with E-state index < -0.39 is 6.57 Å². The van der Waals surface area contributed by atoms with Gasteiger partial charge in [0.05, 0.1) is 0 Å². The topological polar surface area (TPSA) is 15.7 Å². The van der Waals surface area contributed by atoms with Crippen molar-refractivity contribution in [1.29, 1.82) is 0 Å². The van der Waals surface area contributed by atoms with Gasteiger partial charge in [-0.05, 0) is 45.4 Å². The van der Waals surface area contributed by atoms with Crippen molar-refractivity contribution >= 4 is 18.4 Å². The van der Waals surface area contributed by atoms with Crippen molar-refractivity contribution in [3.05, 3.63) is 35.9 Å². The van der Waals surface area contributed by atoms with E-state index in [0.717, 1.165) is 0 Å². The Kier molecular flexibility index (Phi) is 3.71. The van der Waals surface area contributed by atoms with Crippen LogP contribution in [0.1, 0.15) is 18.6 Å². The molecule has 0 radical (unpaired) electrons. The maximum absolute atomic E-state index is 6.20. The smallest absolute Gasteiger partial charge is 0.203 e. The fraction of sp³-hybridized carbons (Fsp3) is 0.500. The van der Waals surface area contributed by atoms with Gasteiger partial charge in [-0.1, -0.05) is 30.3 Å². The molecule has 0 amide bonds. The molecule has 0 unspecified atom stereocenters. The summed E-state index contributed by atoms with van der Waals surface area (Å²) >= 11 is 5.71. The van der Waals surface area contributed by atoms with Crippen molar-refractivity contribution in [3.63, 3.8) is 0 Å². The lowest BCUT2D eigenvalue weighted by molar-refractivity contribution is 0.212. The highest BCUT2D eigenvalue weighted by atomic mass is 32.5. The van der Waals surface area contributed by atoms with Gasteiger partial charge in [0.2, 0.25) is 6.57 Å². The van der Waals surface area contributed by atoms with Gasteiger partial charge >= 0.3 is 0 Å². The van der Waals surface area contributed by atoms with Gasteiger partial charge in [-0.3, -0.25) is 0 Å². The monoisotopic (exact) mass is 270 g/mol. The number of hydrogen-bond acceptors (Lipinski definition) is 2. The number of nitrogens with zero attached hydrogens (tertiary/aromatic N) is 2. The molecule has 3 nitrogen and oxygen atoms in total. The summed E-state index contributed by atoms with van der Waals surface area (Å²) in [6.45, 7) is 0.165. The maximum Gasteiger partial charge on any atom is 0.203 e. The van der Waals surface area contributed by atoms with Crippen molar-refractivity contribution < 1.29 is 4.52 Å². The third kappa shape index (κ3) is 2.20. The van der Waals surface area contributed by atoms with E-state index in [1.165, 1.54) is 5.56 Å². The molecule has 1 aliphatic rings. The molecule has 0 aromatic heterocycles. The first-order valence-corrected chi connectivity index (χ1v) is 8.34. The minimum atomic E-state index is -2.01. The SMILES string of the molecule is C[C@H]1[C@@H](c2ccccc2)O[P@@](=S)(N(C)C)N1C. The van der Waals surface area contributed by atoms with Crippen LogP contribution >= 0.6 is 6.57 Å². The van der Waals surface area contributed by atoms with Crippen molar-refractivity contribution in [2.75, 3.05) is 21.1 Å². The molecular weight excluding hydrogens is 251 g/mol. The summed E-state index contributed by atoms with van der Waals surface area (Å²) < 4.78 is 10.5. The van der Waals surface area contributed by atoms with Gasteiger partial charge < -0.3 is 4.52 Å². The van der Waals surface area contributed by atoms with Crippen LogP contribution in [0.3, 0.4) is 0 Å². The standard InChI is InChI=1S/C12H19N2OPS/c1-10-12(11-8-6-5-7-9-11)15-16(17,13(2)3)14(10)4/h5-10,12H,1-4H3/t10-,12-,16+/m0/s1. The molecule has 1 fully saturated rings. The summed E-state index contributed by atoms with van der Waals surface area (Å²) in [7, 11) is 6.06. The molecule has 3 atom stereocenters. The Labute approximate surface area is 109 Å². The third-order valence-corrected chi connectivity index (χ3v) is 8.00. The van der Waals surface area contributed by atoms with E-state index in [-0.39, 0.29) is 6.10 Å². The summed E-state index contributed by atoms with van der Waals surface area (Å²) in [6.07, 6.45) is 0.0782. The lowest BCUT2D eigenvalue weighted by Gasteiger charge is -2.29. The van der Waals surface area contributed by atoms with Crippen LogP contribution in [0.4, 0.5) is 0 Å². The second-order valence-electron chi connectivity index (χ2n) is 4.59. The van der Waals surface area contributed by atoms with Gasteiger partial charge in [0.15, 0.2) is 0 Å². The zero-order valence-corrected chi connectivity index (χ0v) is 12.4. The van der Waals surface area contributed by atoms with Crippen LogP contribution in [0, 0.1) is 0 Å². The van der Waals surface area contributed by atoms with Gasteiger partial charge in [0, 0.05) is 6.04 Å². The third-order valence-electron chi connectivity index (χ3n) is 3.31. The van der Waals surface area contributed by atoms with Crippen LogP contribution in [0.2, 0.25) is 0 Å². The summed E-state index contributed by atoms with van der Waals surface area (Å²) in [5, 5.41) is 0. The number of likely N-dealkylation sites (N-methyl/N-ethyl adjacent to an activating group) is 1. The Balaban J connectivity index is 2.32. The van der Waals surface area contributed by atoms with E-state index in [1.54, 1.807) is 0 Å². The molecule has 0 N–H and O–H groups in total. The molecule has 1 heterocycles. The zero-order chi connectivity index (χ0) is 12.6. The summed E-state index contributed by atoms with van der Waals surface area (Å²) in [4.78, 5) is 0. The van der Waals surface area contributed by atoms with Crippen molar-refractivity contribution in [3.8, 4) is 0 Å². The first-order valence-electron chi connectivity index (χ1n) is 5.71. The quantitative estimate of drug-likeness (QED) is 0.768. The van der Waals surface area contributed by atoms with E-state index in [0.29, 0.717) is 6.04 Å². The van der Waals surface area contributed by atoms with Crippen LogP contribution < -0.4 is 0 Å². The Hall–Kier alpha value is -0.250. The molecule has 0 saturated carbocycles. The minimum Gasteiger partial charge on any atom is -0.317 e. The maximum atomic E-state index is 6.20. The largest absolute Gasteiger partial charge is 0.317 e. The Morgan fingerprint density at radius 1 is 1.29 bits per heavy atom. The van der Waals surface area contributed by atoms with E-state index in [1.807, 2.05) is 37.0 Å². The molecule has 1 aromatic rings. The lowest BCUT2D eigenvalue weighted by atomic mass is 10.0. The molecule has 0 aliphatic carbocycles. The highest BCUT2D eigenvalue weighted by Crippen LogP contribution is 2.63. The minimum absolute atomic E-state index is 0.0782. The molecule has 1 aliphatic heterocycles. The second kappa shape index (κ2) is 4.79. The molecule has 94 valence electrons. The van der Waals surface area contributed by atoms with E-state index in [4.69, 9.17) is 16.3 Å². The van der Waals surface area contributed by atoms with Gasteiger partial charge in [0.1, 0.15) is 6.10 Å². The van der Waals surface area contributed by atoms with Crippen molar-refractivity contribution in [1.82, 2.24) is 9.34 Å². The molecule has 0 spiro atoms. The predicted molar refractivity (Wildman–Crippen MR) is 75.5 cm³/mol. The van der Waals surface area contributed by atoms with Gasteiger partial charge in [-0.2, -0.15) is 0 Å². The molecule has 2 rings (SSSR count). The van der Waals surface area contributed by atoms with Gasteiger partial charge in [-0.25, -0.2) is 9.34 Å². The van der Waals surface area contributed by atoms with Gasteiger partial charge in [0.25, 0.3) is 0 Å². The fourth-order valence-corrected chi connectivity index (χ4v) is 4.90. The van der Waals surface area contributed by atoms with Crippen molar-refractivity contribution in [2.24, 2.45) is 0 Å². The highest BCUT2D eigenvalue weighted by Gasteiger charge is 2.44. The van der Waals surface area contributed by atoms with E-state index in [9.17, 15) is 0 Å². The molecule has 1 saturated heterocycles. The number of hydrogen-bond donors (Lipinski definition) is 0. The van der Waals surface area contributed by atoms with E-state index >= 15 is 0 Å². The Morgan fingerprint density at radius 3 is 2.35 bits per heavy atom. The summed E-state index contributed by atoms with van der Waals surface area (Å²) in [5.41, 5.74) is 1.21. The van der Waals surface area contributed by atoms with Gasteiger partial charge in [-0.15, -0.1) is 0 Å². The first-order chi connectivity index (χ1) is 7.97. The van der Waals surface area contributed by atoms with Crippen molar-refractivity contribution in [2.45, 2.75) is 19.1 Å². The number of rotatable bonds is 2. The average Bonchev–Trinajstić information content (AvgIpc) is 2.56. The molecule has 1 aromatic carbocycles. The van der Waals surface area contributed by atoms with Crippen LogP contribution in [-0.4, -0.2) is 36.5 Å². The fourth-order valence-electron chi connectivity index (χ4n) is 2.10. The molecule has 17 heavy (non-hydrogen) atoms.